The quantitative estimate of drug-likeness (QED) is 0.749. The fourth-order valence-corrected chi connectivity index (χ4v) is 2.98. The van der Waals surface area contributed by atoms with Crippen LogP contribution in [0.3, 0.4) is 0 Å². The van der Waals surface area contributed by atoms with Crippen molar-refractivity contribution in [1.82, 2.24) is 19.8 Å². The number of aliphatic carboxylic acids is 1. The van der Waals surface area contributed by atoms with E-state index >= 15 is 0 Å². The molecule has 9 nitrogen and oxygen atoms in total. The summed E-state index contributed by atoms with van der Waals surface area (Å²) in [5, 5.41) is 7.12. The average Bonchev–Trinajstić information content (AvgIpc) is 3.05. The molecule has 1 aromatic heterocycles. The number of carbonyl (C=O) groups is 2. The van der Waals surface area contributed by atoms with Gasteiger partial charge in [0.05, 0.1) is 12.1 Å². The molecule has 2 aliphatic rings. The number of halogens is 3. The Labute approximate surface area is 166 Å². The zero-order valence-electron chi connectivity index (χ0n) is 16.4. The second-order valence-electron chi connectivity index (χ2n) is 7.08. The predicted molar refractivity (Wildman–Crippen MR) is 96.5 cm³/mol. The van der Waals surface area contributed by atoms with Gasteiger partial charge in [-0.25, -0.2) is 14.8 Å². The van der Waals surface area contributed by atoms with E-state index in [2.05, 4.69) is 19.8 Å². The Balaban J connectivity index is 0.000000370. The number of hydrogen-bond donors (Lipinski definition) is 1. The summed E-state index contributed by atoms with van der Waals surface area (Å²) in [5.41, 5.74) is 1.04. The second kappa shape index (κ2) is 9.35. The Kier molecular flexibility index (Phi) is 7.36. The molecule has 2 saturated heterocycles. The highest BCUT2D eigenvalue weighted by Crippen LogP contribution is 2.25. The number of carbonyl (C=O) groups excluding carboxylic acids is 1. The smallest absolute Gasteiger partial charge is 0.475 e. The van der Waals surface area contributed by atoms with Crippen LogP contribution in [0.2, 0.25) is 0 Å². The SMILES string of the molecule is Cc1cnc(N2C[C@@H]3[C@@H](C2)OCC(=O)N3CCN(C)C)nc1.O=C(O)C(F)(F)F. The van der Waals surface area contributed by atoms with E-state index in [0.717, 1.165) is 31.7 Å². The van der Waals surface area contributed by atoms with E-state index in [1.807, 2.05) is 38.3 Å². The van der Waals surface area contributed by atoms with Crippen molar-refractivity contribution < 1.29 is 32.6 Å². The zero-order chi connectivity index (χ0) is 21.8. The minimum Gasteiger partial charge on any atom is -0.475 e. The number of hydrogen-bond acceptors (Lipinski definition) is 7. The van der Waals surface area contributed by atoms with E-state index in [-0.39, 0.29) is 24.7 Å². The number of rotatable bonds is 4. The van der Waals surface area contributed by atoms with Gasteiger partial charge < -0.3 is 24.5 Å². The molecule has 2 fully saturated rings. The topological polar surface area (TPSA) is 99.1 Å². The van der Waals surface area contributed by atoms with Crippen molar-refractivity contribution in [2.75, 3.05) is 51.8 Å². The van der Waals surface area contributed by atoms with E-state index in [0.29, 0.717) is 5.95 Å². The predicted octanol–water partition coefficient (Wildman–Crippen LogP) is 0.396. The standard InChI is InChI=1S/C15H23N5O2.C2HF3O2/c1-11-6-16-15(17-7-11)19-8-12-13(9-19)22-10-14(21)20(12)5-4-18(2)3;3-2(4,5)1(6)7/h6-7,12-13H,4-5,8-10H2,1-3H3;(H,6,7)/t12-,13-;/m1./s1. The van der Waals surface area contributed by atoms with Crippen LogP contribution < -0.4 is 4.90 Å². The number of ether oxygens (including phenoxy) is 1. The summed E-state index contributed by atoms with van der Waals surface area (Å²) in [4.78, 5) is 36.0. The summed E-state index contributed by atoms with van der Waals surface area (Å²) in [7, 11) is 4.03. The van der Waals surface area contributed by atoms with Crippen LogP contribution in [-0.4, -0.2) is 102 Å². The normalized spacial score (nSPS) is 21.7. The number of likely N-dealkylation sites (N-methyl/N-ethyl adjacent to an activating group) is 1. The summed E-state index contributed by atoms with van der Waals surface area (Å²) < 4.78 is 37.5. The Morgan fingerprint density at radius 1 is 1.31 bits per heavy atom. The van der Waals surface area contributed by atoms with Gasteiger partial charge in [-0.2, -0.15) is 13.2 Å². The van der Waals surface area contributed by atoms with Gasteiger partial charge in [0.1, 0.15) is 6.61 Å². The third-order valence-corrected chi connectivity index (χ3v) is 4.46. The highest BCUT2D eigenvalue weighted by atomic mass is 19.4. The van der Waals surface area contributed by atoms with Gasteiger partial charge in [0.2, 0.25) is 11.9 Å². The monoisotopic (exact) mass is 419 g/mol. The molecule has 162 valence electrons. The molecule has 3 rings (SSSR count). The molecular weight excluding hydrogens is 395 g/mol. The minimum absolute atomic E-state index is 0.0461. The largest absolute Gasteiger partial charge is 0.490 e. The number of aryl methyl sites for hydroxylation is 1. The molecule has 0 unspecified atom stereocenters. The van der Waals surface area contributed by atoms with Crippen LogP contribution in [0.5, 0.6) is 0 Å². The molecule has 12 heteroatoms. The van der Waals surface area contributed by atoms with Gasteiger partial charge in [-0.15, -0.1) is 0 Å². The fraction of sp³-hybridized carbons (Fsp3) is 0.647. The average molecular weight is 419 g/mol. The molecule has 2 aliphatic heterocycles. The molecular formula is C17H24F3N5O4. The number of carboxylic acids is 1. The number of morpholine rings is 1. The molecule has 0 spiro atoms. The maximum absolute atomic E-state index is 12.2. The highest BCUT2D eigenvalue weighted by molar-refractivity contribution is 5.79. The van der Waals surface area contributed by atoms with E-state index in [1.54, 1.807) is 0 Å². The number of fused-ring (bicyclic) bond motifs is 1. The zero-order valence-corrected chi connectivity index (χ0v) is 16.4. The molecule has 3 heterocycles. The van der Waals surface area contributed by atoms with Crippen LogP contribution in [0.4, 0.5) is 19.1 Å². The second-order valence-corrected chi connectivity index (χ2v) is 7.08. The maximum atomic E-state index is 12.2. The van der Waals surface area contributed by atoms with E-state index < -0.39 is 12.1 Å². The summed E-state index contributed by atoms with van der Waals surface area (Å²) >= 11 is 0. The summed E-state index contributed by atoms with van der Waals surface area (Å²) in [5.74, 6) is -1.97. The Bertz CT molecular complexity index is 714. The Morgan fingerprint density at radius 3 is 2.41 bits per heavy atom. The summed E-state index contributed by atoms with van der Waals surface area (Å²) in [6.07, 6.45) is -1.40. The number of amides is 1. The molecule has 0 aromatic carbocycles. The lowest BCUT2D eigenvalue weighted by Crippen LogP contribution is -2.55. The molecule has 2 atom stereocenters. The van der Waals surface area contributed by atoms with Crippen LogP contribution in [0.15, 0.2) is 12.4 Å². The molecule has 1 amide bonds. The molecule has 29 heavy (non-hydrogen) atoms. The van der Waals surface area contributed by atoms with Crippen molar-refractivity contribution in [3.05, 3.63) is 18.0 Å². The van der Waals surface area contributed by atoms with Crippen molar-refractivity contribution >= 4 is 17.8 Å². The van der Waals surface area contributed by atoms with Gasteiger partial charge in [-0.1, -0.05) is 0 Å². The van der Waals surface area contributed by atoms with Crippen LogP contribution in [-0.2, 0) is 14.3 Å². The van der Waals surface area contributed by atoms with Crippen LogP contribution >= 0.6 is 0 Å². The fourth-order valence-electron chi connectivity index (χ4n) is 2.98. The maximum Gasteiger partial charge on any atom is 0.490 e. The first-order valence-electron chi connectivity index (χ1n) is 8.88. The minimum atomic E-state index is -5.08. The third kappa shape index (κ3) is 6.26. The third-order valence-electron chi connectivity index (χ3n) is 4.46. The van der Waals surface area contributed by atoms with Gasteiger partial charge >= 0.3 is 12.1 Å². The lowest BCUT2D eigenvalue weighted by atomic mass is 10.1. The number of aromatic nitrogens is 2. The molecule has 1 N–H and O–H groups in total. The Morgan fingerprint density at radius 2 is 1.90 bits per heavy atom. The van der Waals surface area contributed by atoms with Gasteiger partial charge in [0.15, 0.2) is 0 Å². The van der Waals surface area contributed by atoms with E-state index in [1.165, 1.54) is 0 Å². The van der Waals surface area contributed by atoms with Crippen molar-refractivity contribution in [2.24, 2.45) is 0 Å². The number of carboxylic acid groups (broad SMARTS) is 1. The van der Waals surface area contributed by atoms with Crippen molar-refractivity contribution in [2.45, 2.75) is 25.2 Å². The highest BCUT2D eigenvalue weighted by Gasteiger charge is 2.43. The first-order valence-corrected chi connectivity index (χ1v) is 8.88. The van der Waals surface area contributed by atoms with Gasteiger partial charge in [-0.05, 0) is 26.6 Å². The van der Waals surface area contributed by atoms with Gasteiger partial charge in [0, 0.05) is 38.6 Å². The van der Waals surface area contributed by atoms with Crippen LogP contribution in [0, 0.1) is 6.92 Å². The van der Waals surface area contributed by atoms with Crippen molar-refractivity contribution in [3.8, 4) is 0 Å². The number of nitrogens with zero attached hydrogens (tertiary/aromatic N) is 5. The van der Waals surface area contributed by atoms with Crippen molar-refractivity contribution in [1.29, 1.82) is 0 Å². The molecule has 0 saturated carbocycles. The molecule has 0 radical (unpaired) electrons. The number of alkyl halides is 3. The Hall–Kier alpha value is -2.47. The first-order chi connectivity index (χ1) is 13.5. The summed E-state index contributed by atoms with van der Waals surface area (Å²) in [6, 6.07) is 0.0890. The lowest BCUT2D eigenvalue weighted by molar-refractivity contribution is -0.192. The molecule has 0 aliphatic carbocycles. The number of anilines is 1. The lowest BCUT2D eigenvalue weighted by Gasteiger charge is -2.37. The van der Waals surface area contributed by atoms with Gasteiger partial charge in [0.25, 0.3) is 0 Å². The summed E-state index contributed by atoms with van der Waals surface area (Å²) in [6.45, 7) is 5.21. The van der Waals surface area contributed by atoms with Crippen LogP contribution in [0.25, 0.3) is 0 Å². The van der Waals surface area contributed by atoms with Gasteiger partial charge in [-0.3, -0.25) is 4.79 Å². The van der Waals surface area contributed by atoms with Crippen molar-refractivity contribution in [3.63, 3.8) is 0 Å². The van der Waals surface area contributed by atoms with E-state index in [9.17, 15) is 18.0 Å². The van der Waals surface area contributed by atoms with Crippen LogP contribution in [0.1, 0.15) is 5.56 Å². The molecule has 1 aromatic rings. The first kappa shape index (κ1) is 22.8. The molecule has 0 bridgehead atoms. The van der Waals surface area contributed by atoms with E-state index in [4.69, 9.17) is 14.6 Å².